The monoisotopic (exact) mass is 289 g/mol. The molecule has 104 valence electrons. The molecule has 0 bridgehead atoms. The minimum atomic E-state index is -2.86. The van der Waals surface area contributed by atoms with E-state index in [1.54, 1.807) is 11.3 Å². The van der Waals surface area contributed by atoms with Gasteiger partial charge in [-0.2, -0.15) is 0 Å². The molecule has 0 aromatic carbocycles. The van der Waals surface area contributed by atoms with Crippen LogP contribution >= 0.6 is 11.3 Å². The number of rotatable bonds is 8. The van der Waals surface area contributed by atoms with Crippen molar-refractivity contribution in [1.29, 1.82) is 0 Å². The van der Waals surface area contributed by atoms with Crippen LogP contribution in [-0.2, 0) is 15.3 Å². The third-order valence-corrected chi connectivity index (χ3v) is 5.95. The Bertz CT molecular complexity index is 436. The van der Waals surface area contributed by atoms with Crippen molar-refractivity contribution in [1.82, 2.24) is 5.32 Å². The highest BCUT2D eigenvalue weighted by atomic mass is 32.2. The smallest absolute Gasteiger partial charge is 0.151 e. The number of hydrogen-bond acceptors (Lipinski definition) is 4. The zero-order valence-corrected chi connectivity index (χ0v) is 13.0. The molecular weight excluding hydrogens is 266 g/mol. The van der Waals surface area contributed by atoms with E-state index in [4.69, 9.17) is 0 Å². The lowest BCUT2D eigenvalue weighted by atomic mass is 9.91. The first-order valence-corrected chi connectivity index (χ1v) is 9.02. The first kappa shape index (κ1) is 15.7. The molecule has 0 amide bonds. The molecule has 0 atom stereocenters. The van der Waals surface area contributed by atoms with Crippen molar-refractivity contribution in [3.8, 4) is 0 Å². The molecule has 0 spiro atoms. The van der Waals surface area contributed by atoms with Crippen LogP contribution in [-0.4, -0.2) is 33.0 Å². The Morgan fingerprint density at radius 2 is 2.06 bits per heavy atom. The number of sulfone groups is 1. The molecular formula is C13H23NO2S2. The first-order valence-electron chi connectivity index (χ1n) is 6.32. The summed E-state index contributed by atoms with van der Waals surface area (Å²) in [5, 5.41) is 5.33. The molecule has 0 saturated heterocycles. The normalized spacial score (nSPS) is 12.8. The van der Waals surface area contributed by atoms with Crippen LogP contribution in [0.5, 0.6) is 0 Å². The van der Waals surface area contributed by atoms with E-state index in [-0.39, 0.29) is 11.2 Å². The van der Waals surface area contributed by atoms with Gasteiger partial charge < -0.3 is 5.32 Å². The van der Waals surface area contributed by atoms with E-state index in [1.807, 2.05) is 13.0 Å². The average Bonchev–Trinajstić information content (AvgIpc) is 2.78. The molecule has 1 N–H and O–H groups in total. The molecule has 0 aliphatic carbocycles. The molecule has 1 aromatic heterocycles. The topological polar surface area (TPSA) is 46.2 Å². The standard InChI is InChI=1S/C13H23NO2S2/c1-4-9-18(15,16)10-7-14-11-13(2,3)12-6-5-8-17-12/h5-6,8,14H,4,7,9-11H2,1-3H3. The van der Waals surface area contributed by atoms with Gasteiger partial charge in [-0.3, -0.25) is 0 Å². The number of hydrogen-bond donors (Lipinski definition) is 1. The van der Waals surface area contributed by atoms with E-state index in [0.717, 1.165) is 6.54 Å². The Morgan fingerprint density at radius 1 is 1.33 bits per heavy atom. The molecule has 0 unspecified atom stereocenters. The quantitative estimate of drug-likeness (QED) is 0.748. The Hall–Kier alpha value is -0.390. The van der Waals surface area contributed by atoms with Gasteiger partial charge in [-0.15, -0.1) is 11.3 Å². The molecule has 0 aliphatic heterocycles. The lowest BCUT2D eigenvalue weighted by Gasteiger charge is -2.23. The Labute approximate surface area is 115 Å². The van der Waals surface area contributed by atoms with Gasteiger partial charge in [0.05, 0.1) is 5.75 Å². The van der Waals surface area contributed by atoms with Crippen molar-refractivity contribution < 1.29 is 8.42 Å². The van der Waals surface area contributed by atoms with Crippen molar-refractivity contribution in [2.45, 2.75) is 32.6 Å². The zero-order chi connectivity index (χ0) is 13.6. The van der Waals surface area contributed by atoms with Crippen LogP contribution < -0.4 is 5.32 Å². The van der Waals surface area contributed by atoms with Crippen LogP contribution in [0.1, 0.15) is 32.1 Å². The molecule has 0 radical (unpaired) electrons. The van der Waals surface area contributed by atoms with Crippen LogP contribution in [0.2, 0.25) is 0 Å². The van der Waals surface area contributed by atoms with E-state index in [9.17, 15) is 8.42 Å². The Kier molecular flexibility index (Phi) is 5.82. The van der Waals surface area contributed by atoms with Gasteiger partial charge in [-0.1, -0.05) is 26.8 Å². The maximum absolute atomic E-state index is 11.5. The fourth-order valence-corrected chi connectivity index (χ4v) is 3.93. The van der Waals surface area contributed by atoms with Gasteiger partial charge in [-0.25, -0.2) is 8.42 Å². The number of thiophene rings is 1. The van der Waals surface area contributed by atoms with Crippen molar-refractivity contribution in [3.05, 3.63) is 22.4 Å². The lowest BCUT2D eigenvalue weighted by Crippen LogP contribution is -2.35. The van der Waals surface area contributed by atoms with Crippen LogP contribution in [0.3, 0.4) is 0 Å². The molecule has 3 nitrogen and oxygen atoms in total. The summed E-state index contributed by atoms with van der Waals surface area (Å²) in [4.78, 5) is 1.33. The second kappa shape index (κ2) is 6.68. The lowest BCUT2D eigenvalue weighted by molar-refractivity contribution is 0.484. The molecule has 18 heavy (non-hydrogen) atoms. The third kappa shape index (κ3) is 5.08. The van der Waals surface area contributed by atoms with Gasteiger partial charge in [0.15, 0.2) is 9.84 Å². The van der Waals surface area contributed by atoms with Gasteiger partial charge in [0, 0.05) is 29.1 Å². The van der Waals surface area contributed by atoms with Crippen LogP contribution in [0.4, 0.5) is 0 Å². The highest BCUT2D eigenvalue weighted by Crippen LogP contribution is 2.26. The molecule has 0 fully saturated rings. The summed E-state index contributed by atoms with van der Waals surface area (Å²) in [5.74, 6) is 0.532. The summed E-state index contributed by atoms with van der Waals surface area (Å²) < 4.78 is 23.1. The van der Waals surface area contributed by atoms with E-state index in [0.29, 0.717) is 18.7 Å². The maximum Gasteiger partial charge on any atom is 0.151 e. The Balaban J connectivity index is 2.34. The summed E-state index contributed by atoms with van der Waals surface area (Å²) in [7, 11) is -2.86. The fraction of sp³-hybridized carbons (Fsp3) is 0.692. The van der Waals surface area contributed by atoms with E-state index in [2.05, 4.69) is 30.6 Å². The van der Waals surface area contributed by atoms with Crippen molar-refractivity contribution in [2.24, 2.45) is 0 Å². The van der Waals surface area contributed by atoms with E-state index >= 15 is 0 Å². The van der Waals surface area contributed by atoms with Crippen molar-refractivity contribution in [3.63, 3.8) is 0 Å². The van der Waals surface area contributed by atoms with E-state index in [1.165, 1.54) is 4.88 Å². The summed E-state index contributed by atoms with van der Waals surface area (Å²) >= 11 is 1.74. The second-order valence-corrected chi connectivity index (χ2v) is 8.44. The second-order valence-electron chi connectivity index (χ2n) is 5.19. The van der Waals surface area contributed by atoms with E-state index < -0.39 is 9.84 Å². The molecule has 1 rings (SSSR count). The maximum atomic E-state index is 11.5. The minimum absolute atomic E-state index is 0.0582. The van der Waals surface area contributed by atoms with Gasteiger partial charge in [-0.05, 0) is 17.9 Å². The highest BCUT2D eigenvalue weighted by Gasteiger charge is 2.21. The summed E-state index contributed by atoms with van der Waals surface area (Å²) in [6.07, 6.45) is 0.697. The van der Waals surface area contributed by atoms with Crippen molar-refractivity contribution >= 4 is 21.2 Å². The van der Waals surface area contributed by atoms with Crippen LogP contribution in [0.15, 0.2) is 17.5 Å². The van der Waals surface area contributed by atoms with Gasteiger partial charge >= 0.3 is 0 Å². The predicted octanol–water partition coefficient (Wildman–Crippen LogP) is 2.44. The highest BCUT2D eigenvalue weighted by molar-refractivity contribution is 7.91. The molecule has 5 heteroatoms. The van der Waals surface area contributed by atoms with Gasteiger partial charge in [0.2, 0.25) is 0 Å². The summed E-state index contributed by atoms with van der Waals surface area (Å²) in [5.41, 5.74) is 0.0582. The average molecular weight is 289 g/mol. The van der Waals surface area contributed by atoms with Gasteiger partial charge in [0.25, 0.3) is 0 Å². The Morgan fingerprint density at radius 3 is 2.61 bits per heavy atom. The first-order chi connectivity index (χ1) is 8.37. The zero-order valence-electron chi connectivity index (χ0n) is 11.4. The van der Waals surface area contributed by atoms with Crippen LogP contribution in [0, 0.1) is 0 Å². The largest absolute Gasteiger partial charge is 0.315 e. The number of nitrogens with one attached hydrogen (secondary N) is 1. The molecule has 1 aromatic rings. The SMILES string of the molecule is CCCS(=O)(=O)CCNCC(C)(C)c1cccs1. The summed E-state index contributed by atoms with van der Waals surface area (Å²) in [6.45, 7) is 7.58. The minimum Gasteiger partial charge on any atom is -0.315 e. The summed E-state index contributed by atoms with van der Waals surface area (Å²) in [6, 6.07) is 4.17. The fourth-order valence-electron chi connectivity index (χ4n) is 1.79. The van der Waals surface area contributed by atoms with Crippen LogP contribution in [0.25, 0.3) is 0 Å². The molecule has 1 heterocycles. The predicted molar refractivity (Wildman–Crippen MR) is 79.2 cm³/mol. The third-order valence-electron chi connectivity index (χ3n) is 2.86. The van der Waals surface area contributed by atoms with Gasteiger partial charge in [0.1, 0.15) is 0 Å². The molecule has 0 saturated carbocycles. The molecule has 0 aliphatic rings. The van der Waals surface area contributed by atoms with Crippen molar-refractivity contribution in [2.75, 3.05) is 24.6 Å².